The molecule has 1 rings (SSSR count). The first-order chi connectivity index (χ1) is 7.90. The van der Waals surface area contributed by atoms with Crippen LogP contribution in [0.1, 0.15) is 47.5 Å². The van der Waals surface area contributed by atoms with Crippen molar-refractivity contribution in [3.63, 3.8) is 0 Å². The lowest BCUT2D eigenvalue weighted by atomic mass is 9.84. The third-order valence-corrected chi connectivity index (χ3v) is 3.82. The van der Waals surface area contributed by atoms with Gasteiger partial charge < -0.3 is 5.32 Å². The van der Waals surface area contributed by atoms with Gasteiger partial charge in [-0.3, -0.25) is 4.90 Å². The van der Waals surface area contributed by atoms with E-state index in [4.69, 9.17) is 6.42 Å². The van der Waals surface area contributed by atoms with E-state index in [0.717, 1.165) is 25.9 Å². The maximum absolute atomic E-state index is 5.69. The van der Waals surface area contributed by atoms with Gasteiger partial charge in [-0.1, -0.05) is 40.0 Å². The molecule has 2 nitrogen and oxygen atoms in total. The van der Waals surface area contributed by atoms with Crippen molar-refractivity contribution in [3.8, 4) is 12.3 Å². The highest BCUT2D eigenvalue weighted by molar-refractivity contribution is 5.04. The fourth-order valence-electron chi connectivity index (χ4n) is 2.52. The van der Waals surface area contributed by atoms with Crippen molar-refractivity contribution < 1.29 is 0 Å². The molecular formula is C15H28N2. The Morgan fingerprint density at radius 1 is 1.47 bits per heavy atom. The molecule has 2 heteroatoms. The van der Waals surface area contributed by atoms with Gasteiger partial charge in [-0.05, 0) is 18.8 Å². The van der Waals surface area contributed by atoms with Crippen LogP contribution >= 0.6 is 0 Å². The molecule has 1 aliphatic rings. The molecular weight excluding hydrogens is 208 g/mol. The topological polar surface area (TPSA) is 15.3 Å². The molecule has 17 heavy (non-hydrogen) atoms. The van der Waals surface area contributed by atoms with Crippen molar-refractivity contribution in [2.24, 2.45) is 5.41 Å². The van der Waals surface area contributed by atoms with Crippen molar-refractivity contribution in [3.05, 3.63) is 0 Å². The van der Waals surface area contributed by atoms with Crippen molar-refractivity contribution in [2.75, 3.05) is 13.1 Å². The Hall–Kier alpha value is -0.520. The van der Waals surface area contributed by atoms with Gasteiger partial charge in [0.25, 0.3) is 0 Å². The number of terminal acetylenes is 1. The molecule has 0 bridgehead atoms. The summed E-state index contributed by atoms with van der Waals surface area (Å²) in [5, 5.41) is 3.65. The highest BCUT2D eigenvalue weighted by Crippen LogP contribution is 2.25. The Kier molecular flexibility index (Phi) is 5.04. The predicted molar refractivity (Wildman–Crippen MR) is 74.9 cm³/mol. The third-order valence-electron chi connectivity index (χ3n) is 3.82. The molecule has 1 fully saturated rings. The molecule has 1 heterocycles. The summed E-state index contributed by atoms with van der Waals surface area (Å²) >= 11 is 0. The maximum Gasteiger partial charge on any atom is 0.0715 e. The average Bonchev–Trinajstić information content (AvgIpc) is 2.25. The molecule has 0 spiro atoms. The Bertz CT molecular complexity index is 272. The number of nitrogens with one attached hydrogen (secondary N) is 1. The summed E-state index contributed by atoms with van der Waals surface area (Å²) in [6.45, 7) is 13.5. The third kappa shape index (κ3) is 3.72. The average molecular weight is 236 g/mol. The summed E-state index contributed by atoms with van der Waals surface area (Å²) in [6.07, 6.45) is 7.96. The minimum atomic E-state index is 0.295. The van der Waals surface area contributed by atoms with E-state index in [9.17, 15) is 0 Å². The zero-order chi connectivity index (χ0) is 13.1. The highest BCUT2D eigenvalue weighted by Gasteiger charge is 2.34. The van der Waals surface area contributed by atoms with Crippen LogP contribution in [0.2, 0.25) is 0 Å². The molecule has 0 aromatic carbocycles. The fourth-order valence-corrected chi connectivity index (χ4v) is 2.52. The molecule has 1 saturated heterocycles. The Balaban J connectivity index is 2.72. The van der Waals surface area contributed by atoms with E-state index in [1.165, 1.54) is 0 Å². The van der Waals surface area contributed by atoms with E-state index in [-0.39, 0.29) is 0 Å². The zero-order valence-corrected chi connectivity index (χ0v) is 12.1. The zero-order valence-electron chi connectivity index (χ0n) is 12.1. The largest absolute Gasteiger partial charge is 0.311 e. The molecule has 98 valence electrons. The van der Waals surface area contributed by atoms with E-state index >= 15 is 0 Å². The smallest absolute Gasteiger partial charge is 0.0715 e. The van der Waals surface area contributed by atoms with E-state index in [1.807, 2.05) is 0 Å². The molecule has 0 aromatic heterocycles. The van der Waals surface area contributed by atoms with Crippen molar-refractivity contribution >= 4 is 0 Å². The van der Waals surface area contributed by atoms with Gasteiger partial charge in [-0.25, -0.2) is 0 Å². The summed E-state index contributed by atoms with van der Waals surface area (Å²) in [5.74, 6) is 2.97. The predicted octanol–water partition coefficient (Wildman–Crippen LogP) is 2.50. The van der Waals surface area contributed by atoms with E-state index in [1.54, 1.807) is 0 Å². The van der Waals surface area contributed by atoms with Crippen molar-refractivity contribution in [2.45, 2.75) is 65.6 Å². The standard InChI is InChI=1S/C15H28N2/c1-7-9-13(8-2)17-11-14(15(4,5)6)16-10-12(17)3/h2,12-14,16H,7,9-11H2,1,3-6H3. The SMILES string of the molecule is C#CC(CCC)N1CC(C(C)(C)C)NCC1C. The van der Waals surface area contributed by atoms with Crippen LogP contribution < -0.4 is 5.32 Å². The van der Waals surface area contributed by atoms with Gasteiger partial charge in [0, 0.05) is 25.2 Å². The quantitative estimate of drug-likeness (QED) is 0.757. The highest BCUT2D eigenvalue weighted by atomic mass is 15.3. The Morgan fingerprint density at radius 3 is 2.59 bits per heavy atom. The molecule has 0 aromatic rings. The summed E-state index contributed by atoms with van der Waals surface area (Å²) in [6, 6.07) is 1.38. The van der Waals surface area contributed by atoms with E-state index in [2.05, 4.69) is 50.8 Å². The number of hydrogen-bond donors (Lipinski definition) is 1. The molecule has 0 aliphatic carbocycles. The van der Waals surface area contributed by atoms with E-state index in [0.29, 0.717) is 23.5 Å². The lowest BCUT2D eigenvalue weighted by Gasteiger charge is -2.46. The minimum Gasteiger partial charge on any atom is -0.311 e. The monoisotopic (exact) mass is 236 g/mol. The van der Waals surface area contributed by atoms with Gasteiger partial charge in [0.05, 0.1) is 6.04 Å². The first kappa shape index (κ1) is 14.5. The number of nitrogens with zero attached hydrogens (tertiary/aromatic N) is 1. The number of rotatable bonds is 3. The minimum absolute atomic E-state index is 0.295. The van der Waals surface area contributed by atoms with Gasteiger partial charge >= 0.3 is 0 Å². The molecule has 0 amide bonds. The normalized spacial score (nSPS) is 28.7. The van der Waals surface area contributed by atoms with E-state index < -0.39 is 0 Å². The Labute approximate surface area is 107 Å². The summed E-state index contributed by atoms with van der Waals surface area (Å²) in [5.41, 5.74) is 0.295. The van der Waals surface area contributed by atoms with Crippen molar-refractivity contribution in [1.29, 1.82) is 0 Å². The summed E-state index contributed by atoms with van der Waals surface area (Å²) < 4.78 is 0. The lowest BCUT2D eigenvalue weighted by molar-refractivity contribution is 0.0724. The van der Waals surface area contributed by atoms with Gasteiger partial charge in [0.15, 0.2) is 0 Å². The van der Waals surface area contributed by atoms with Crippen molar-refractivity contribution in [1.82, 2.24) is 10.2 Å². The molecule has 3 atom stereocenters. The van der Waals surface area contributed by atoms with Gasteiger partial charge in [-0.2, -0.15) is 0 Å². The van der Waals surface area contributed by atoms with Crippen LogP contribution in [0.5, 0.6) is 0 Å². The van der Waals surface area contributed by atoms with Crippen LogP contribution in [0.4, 0.5) is 0 Å². The molecule has 0 saturated carbocycles. The number of hydrogen-bond acceptors (Lipinski definition) is 2. The summed E-state index contributed by atoms with van der Waals surface area (Å²) in [4.78, 5) is 2.51. The second kappa shape index (κ2) is 5.89. The van der Waals surface area contributed by atoms with Crippen LogP contribution in [0, 0.1) is 17.8 Å². The fraction of sp³-hybridized carbons (Fsp3) is 0.867. The maximum atomic E-state index is 5.69. The Morgan fingerprint density at radius 2 is 2.12 bits per heavy atom. The first-order valence-corrected chi connectivity index (χ1v) is 6.85. The van der Waals surface area contributed by atoms with Crippen LogP contribution in [0.15, 0.2) is 0 Å². The van der Waals surface area contributed by atoms with Crippen LogP contribution in [0.3, 0.4) is 0 Å². The van der Waals surface area contributed by atoms with Crippen LogP contribution in [-0.2, 0) is 0 Å². The first-order valence-electron chi connectivity index (χ1n) is 6.85. The second-order valence-electron chi connectivity index (χ2n) is 6.34. The number of piperazine rings is 1. The summed E-state index contributed by atoms with van der Waals surface area (Å²) in [7, 11) is 0. The second-order valence-corrected chi connectivity index (χ2v) is 6.34. The van der Waals surface area contributed by atoms with Crippen LogP contribution in [-0.4, -0.2) is 36.1 Å². The van der Waals surface area contributed by atoms with Gasteiger partial charge in [0.1, 0.15) is 0 Å². The van der Waals surface area contributed by atoms with Gasteiger partial charge in [0.2, 0.25) is 0 Å². The van der Waals surface area contributed by atoms with Gasteiger partial charge in [-0.15, -0.1) is 6.42 Å². The molecule has 3 unspecified atom stereocenters. The molecule has 1 aliphatic heterocycles. The molecule has 1 N–H and O–H groups in total. The van der Waals surface area contributed by atoms with Crippen LogP contribution in [0.25, 0.3) is 0 Å². The lowest BCUT2D eigenvalue weighted by Crippen LogP contribution is -2.61. The molecule has 0 radical (unpaired) electrons.